The summed E-state index contributed by atoms with van der Waals surface area (Å²) in [7, 11) is -3.27. The van der Waals surface area contributed by atoms with Crippen molar-refractivity contribution in [3.05, 3.63) is 24.3 Å². The summed E-state index contributed by atoms with van der Waals surface area (Å²) >= 11 is 0. The van der Waals surface area contributed by atoms with Gasteiger partial charge in [-0.3, -0.25) is 4.79 Å². The van der Waals surface area contributed by atoms with Crippen LogP contribution in [0.4, 0.5) is 10.5 Å². The number of likely N-dealkylation sites (tertiary alicyclic amines) is 1. The maximum atomic E-state index is 12.1. The first-order chi connectivity index (χ1) is 9.79. The molecular weight excluding hydrogens is 294 g/mol. The van der Waals surface area contributed by atoms with Crippen molar-refractivity contribution in [2.75, 3.05) is 18.1 Å². The van der Waals surface area contributed by atoms with E-state index in [1.54, 1.807) is 0 Å². The van der Waals surface area contributed by atoms with E-state index >= 15 is 0 Å². The zero-order valence-corrected chi connectivity index (χ0v) is 12.4. The Labute approximate surface area is 123 Å². The van der Waals surface area contributed by atoms with Crippen LogP contribution in [0.2, 0.25) is 0 Å². The minimum atomic E-state index is -3.27. The van der Waals surface area contributed by atoms with Crippen LogP contribution in [0.1, 0.15) is 12.8 Å². The molecule has 0 bridgehead atoms. The number of primary amides is 1. The third-order valence-electron chi connectivity index (χ3n) is 3.38. The van der Waals surface area contributed by atoms with Crippen molar-refractivity contribution in [2.24, 2.45) is 5.73 Å². The van der Waals surface area contributed by atoms with E-state index in [0.717, 1.165) is 12.7 Å². The van der Waals surface area contributed by atoms with Crippen molar-refractivity contribution in [3.8, 4) is 0 Å². The van der Waals surface area contributed by atoms with Gasteiger partial charge in [-0.25, -0.2) is 13.2 Å². The number of amides is 3. The minimum absolute atomic E-state index is 0.177. The number of carbonyl (C=O) groups is 2. The standard InChI is InChI=1S/C13H17N3O4S/c1-21(19,20)10-6-4-9(5-7-10)15-13(18)16-8-2-3-11(16)12(14)17/h4-7,11H,2-3,8H2,1H3,(H2,14,17)(H,15,18)/t11-/m1/s1. The molecule has 0 spiro atoms. The molecule has 0 unspecified atom stereocenters. The zero-order chi connectivity index (χ0) is 15.6. The molecule has 1 saturated heterocycles. The van der Waals surface area contributed by atoms with Gasteiger partial charge in [-0.05, 0) is 37.1 Å². The molecule has 0 radical (unpaired) electrons. The summed E-state index contributed by atoms with van der Waals surface area (Å²) in [4.78, 5) is 24.9. The number of anilines is 1. The van der Waals surface area contributed by atoms with Gasteiger partial charge < -0.3 is 16.0 Å². The average molecular weight is 311 g/mol. The molecule has 21 heavy (non-hydrogen) atoms. The van der Waals surface area contributed by atoms with E-state index in [0.29, 0.717) is 18.7 Å². The monoisotopic (exact) mass is 311 g/mol. The maximum Gasteiger partial charge on any atom is 0.322 e. The summed E-state index contributed by atoms with van der Waals surface area (Å²) in [6.07, 6.45) is 2.41. The molecule has 3 amide bonds. The van der Waals surface area contributed by atoms with Gasteiger partial charge in [0.05, 0.1) is 4.90 Å². The SMILES string of the molecule is CS(=O)(=O)c1ccc(NC(=O)N2CCC[C@@H]2C(N)=O)cc1. The Kier molecular flexibility index (Phi) is 4.17. The smallest absolute Gasteiger partial charge is 0.322 e. The van der Waals surface area contributed by atoms with E-state index in [1.807, 2.05) is 0 Å². The van der Waals surface area contributed by atoms with Gasteiger partial charge in [-0.1, -0.05) is 0 Å². The van der Waals surface area contributed by atoms with E-state index in [-0.39, 0.29) is 4.90 Å². The molecule has 7 nitrogen and oxygen atoms in total. The predicted molar refractivity (Wildman–Crippen MR) is 77.5 cm³/mol. The molecule has 1 atom stereocenters. The molecule has 3 N–H and O–H groups in total. The highest BCUT2D eigenvalue weighted by Gasteiger charge is 2.32. The largest absolute Gasteiger partial charge is 0.368 e. The first-order valence-corrected chi connectivity index (χ1v) is 8.35. The molecule has 1 fully saturated rings. The molecular formula is C13H17N3O4S. The molecule has 2 rings (SSSR count). The van der Waals surface area contributed by atoms with Crippen LogP contribution >= 0.6 is 0 Å². The molecule has 1 aliphatic rings. The average Bonchev–Trinajstić information content (AvgIpc) is 2.87. The van der Waals surface area contributed by atoms with Crippen molar-refractivity contribution in [1.29, 1.82) is 0 Å². The van der Waals surface area contributed by atoms with Crippen molar-refractivity contribution in [3.63, 3.8) is 0 Å². The highest BCUT2D eigenvalue weighted by Crippen LogP contribution is 2.19. The number of hydrogen-bond acceptors (Lipinski definition) is 4. The Morgan fingerprint density at radius 1 is 1.29 bits per heavy atom. The van der Waals surface area contributed by atoms with Crippen LogP contribution in [0, 0.1) is 0 Å². The molecule has 0 aromatic heterocycles. The molecule has 0 saturated carbocycles. The lowest BCUT2D eigenvalue weighted by molar-refractivity contribution is -0.121. The van der Waals surface area contributed by atoms with E-state index in [4.69, 9.17) is 5.73 Å². The lowest BCUT2D eigenvalue weighted by atomic mass is 10.2. The number of nitrogens with zero attached hydrogens (tertiary/aromatic N) is 1. The molecule has 0 aliphatic carbocycles. The fraction of sp³-hybridized carbons (Fsp3) is 0.385. The third-order valence-corrected chi connectivity index (χ3v) is 4.50. The van der Waals surface area contributed by atoms with Gasteiger partial charge in [0, 0.05) is 18.5 Å². The summed E-state index contributed by atoms with van der Waals surface area (Å²) < 4.78 is 22.7. The fourth-order valence-corrected chi connectivity index (χ4v) is 2.92. The number of nitrogens with two attached hydrogens (primary N) is 1. The number of hydrogen-bond donors (Lipinski definition) is 2. The summed E-state index contributed by atoms with van der Waals surface area (Å²) in [5.74, 6) is -0.518. The van der Waals surface area contributed by atoms with Crippen LogP contribution in [-0.4, -0.2) is 44.1 Å². The van der Waals surface area contributed by atoms with Crippen molar-refractivity contribution in [1.82, 2.24) is 4.90 Å². The van der Waals surface area contributed by atoms with Crippen molar-refractivity contribution >= 4 is 27.5 Å². The first-order valence-electron chi connectivity index (χ1n) is 6.46. The summed E-state index contributed by atoms with van der Waals surface area (Å²) in [5.41, 5.74) is 5.72. The Morgan fingerprint density at radius 3 is 2.43 bits per heavy atom. The highest BCUT2D eigenvalue weighted by molar-refractivity contribution is 7.90. The fourth-order valence-electron chi connectivity index (χ4n) is 2.29. The van der Waals surface area contributed by atoms with Gasteiger partial charge in [0.1, 0.15) is 6.04 Å². The minimum Gasteiger partial charge on any atom is -0.368 e. The quantitative estimate of drug-likeness (QED) is 0.850. The Hall–Kier alpha value is -2.09. The van der Waals surface area contributed by atoms with Gasteiger partial charge in [0.15, 0.2) is 9.84 Å². The molecule has 1 heterocycles. The van der Waals surface area contributed by atoms with E-state index < -0.39 is 27.8 Å². The van der Waals surface area contributed by atoms with Gasteiger partial charge in [-0.15, -0.1) is 0 Å². The number of urea groups is 1. The Morgan fingerprint density at radius 2 is 1.90 bits per heavy atom. The second-order valence-corrected chi connectivity index (χ2v) is 7.00. The van der Waals surface area contributed by atoms with Gasteiger partial charge >= 0.3 is 6.03 Å². The van der Waals surface area contributed by atoms with Gasteiger partial charge in [-0.2, -0.15) is 0 Å². The summed E-state index contributed by atoms with van der Waals surface area (Å²) in [6, 6.07) is 4.84. The van der Waals surface area contributed by atoms with E-state index in [1.165, 1.54) is 29.2 Å². The molecule has 1 aliphatic heterocycles. The lowest BCUT2D eigenvalue weighted by Gasteiger charge is -2.22. The number of sulfone groups is 1. The number of benzene rings is 1. The molecule has 8 heteroatoms. The second-order valence-electron chi connectivity index (χ2n) is 4.98. The Bertz CT molecular complexity index is 654. The number of nitrogens with one attached hydrogen (secondary N) is 1. The Balaban J connectivity index is 2.08. The van der Waals surface area contributed by atoms with Crippen LogP contribution in [0.3, 0.4) is 0 Å². The van der Waals surface area contributed by atoms with Crippen LogP contribution in [0.25, 0.3) is 0 Å². The first kappa shape index (κ1) is 15.3. The second kappa shape index (κ2) is 5.72. The van der Waals surface area contributed by atoms with E-state index in [9.17, 15) is 18.0 Å². The van der Waals surface area contributed by atoms with Crippen LogP contribution in [0.15, 0.2) is 29.2 Å². The number of rotatable bonds is 3. The van der Waals surface area contributed by atoms with Crippen LogP contribution in [0.5, 0.6) is 0 Å². The van der Waals surface area contributed by atoms with Gasteiger partial charge in [0.2, 0.25) is 5.91 Å². The highest BCUT2D eigenvalue weighted by atomic mass is 32.2. The van der Waals surface area contributed by atoms with E-state index in [2.05, 4.69) is 5.32 Å². The summed E-state index contributed by atoms with van der Waals surface area (Å²) in [6.45, 7) is 0.473. The molecule has 1 aromatic carbocycles. The van der Waals surface area contributed by atoms with Crippen LogP contribution < -0.4 is 11.1 Å². The van der Waals surface area contributed by atoms with Crippen LogP contribution in [-0.2, 0) is 14.6 Å². The maximum absolute atomic E-state index is 12.1. The predicted octanol–water partition coefficient (Wildman–Crippen LogP) is 0.572. The normalized spacial score (nSPS) is 18.5. The van der Waals surface area contributed by atoms with Gasteiger partial charge in [0.25, 0.3) is 0 Å². The third kappa shape index (κ3) is 3.52. The lowest BCUT2D eigenvalue weighted by Crippen LogP contribution is -2.45. The topological polar surface area (TPSA) is 110 Å². The van der Waals surface area contributed by atoms with Crippen molar-refractivity contribution < 1.29 is 18.0 Å². The van der Waals surface area contributed by atoms with Crippen molar-refractivity contribution in [2.45, 2.75) is 23.8 Å². The zero-order valence-electron chi connectivity index (χ0n) is 11.6. The number of carbonyl (C=O) groups excluding carboxylic acids is 2. The molecule has 1 aromatic rings. The molecule has 114 valence electrons. The summed E-state index contributed by atoms with van der Waals surface area (Å²) in [5, 5.41) is 2.63.